The normalized spacial score (nSPS) is 36.5. The molecule has 0 spiro atoms. The summed E-state index contributed by atoms with van der Waals surface area (Å²) in [6.07, 6.45) is -0.304. The molecule has 32 heavy (non-hydrogen) atoms. The van der Waals surface area contributed by atoms with Crippen molar-refractivity contribution in [1.29, 1.82) is 0 Å². The number of phenolic OH excluding ortho intramolecular Hbond substituents is 1. The summed E-state index contributed by atoms with van der Waals surface area (Å²) in [6.45, 7) is 6.84. The molecule has 3 aliphatic rings. The van der Waals surface area contributed by atoms with E-state index >= 15 is 0 Å². The lowest BCUT2D eigenvalue weighted by Crippen LogP contribution is -2.77. The van der Waals surface area contributed by atoms with Crippen LogP contribution in [-0.4, -0.2) is 54.0 Å². The van der Waals surface area contributed by atoms with E-state index in [1.165, 1.54) is 27.1 Å². The number of hydrogen-bond acceptors (Lipinski definition) is 7. The smallest absolute Gasteiger partial charge is 0.194 e. The van der Waals surface area contributed by atoms with Crippen molar-refractivity contribution in [3.63, 3.8) is 0 Å². The Labute approximate surface area is 187 Å². The molecule has 0 amide bonds. The zero-order valence-electron chi connectivity index (χ0n) is 19.2. The lowest BCUT2D eigenvalue weighted by molar-refractivity contribution is -0.171. The van der Waals surface area contributed by atoms with Gasteiger partial charge in [-0.25, -0.2) is 0 Å². The summed E-state index contributed by atoms with van der Waals surface area (Å²) in [5.41, 5.74) is -1.26. The zero-order chi connectivity index (χ0) is 23.7. The van der Waals surface area contributed by atoms with E-state index in [0.717, 1.165) is 0 Å². The molecule has 4 rings (SSSR count). The van der Waals surface area contributed by atoms with E-state index in [4.69, 9.17) is 4.74 Å². The number of aromatic hydroxyl groups is 1. The highest BCUT2D eigenvalue weighted by Crippen LogP contribution is 2.61. The van der Waals surface area contributed by atoms with Gasteiger partial charge in [-0.2, -0.15) is 0 Å². The molecule has 0 saturated heterocycles. The number of fused-ring (bicyclic) bond motifs is 3. The van der Waals surface area contributed by atoms with Gasteiger partial charge in [0, 0.05) is 18.4 Å². The van der Waals surface area contributed by atoms with Crippen LogP contribution in [0.2, 0.25) is 0 Å². The highest BCUT2D eigenvalue weighted by Gasteiger charge is 2.72. The van der Waals surface area contributed by atoms with E-state index in [0.29, 0.717) is 17.6 Å². The van der Waals surface area contributed by atoms with E-state index < -0.39 is 52.0 Å². The average Bonchev–Trinajstić information content (AvgIpc) is 2.72. The number of allylic oxidation sites excluding steroid dienone is 1. The molecular formula is C25H29NO6. The van der Waals surface area contributed by atoms with Crippen LogP contribution in [0.5, 0.6) is 5.75 Å². The third-order valence-electron chi connectivity index (χ3n) is 8.33. The number of nitrogens with one attached hydrogen (secondary N) is 1. The Bertz CT molecular complexity index is 1100. The number of likely N-dealkylation sites (N-methyl/N-ethyl adjacent to an activating group) is 1. The lowest BCUT2D eigenvalue weighted by Gasteiger charge is -2.60. The maximum Gasteiger partial charge on any atom is 0.194 e. The quantitative estimate of drug-likeness (QED) is 0.550. The van der Waals surface area contributed by atoms with Gasteiger partial charge >= 0.3 is 0 Å². The Morgan fingerprint density at radius 3 is 2.47 bits per heavy atom. The first kappa shape index (κ1) is 22.6. The monoisotopic (exact) mass is 439 g/mol. The van der Waals surface area contributed by atoms with Crippen LogP contribution < -0.4 is 5.32 Å². The fourth-order valence-corrected chi connectivity index (χ4v) is 6.75. The highest BCUT2D eigenvalue weighted by atomic mass is 16.5. The second-order valence-corrected chi connectivity index (χ2v) is 9.56. The average molecular weight is 440 g/mol. The first-order valence-corrected chi connectivity index (χ1v) is 10.9. The summed E-state index contributed by atoms with van der Waals surface area (Å²) < 4.78 is 6.00. The second-order valence-electron chi connectivity index (χ2n) is 9.56. The third kappa shape index (κ3) is 2.43. The molecule has 0 bridgehead atoms. The van der Waals surface area contributed by atoms with Crippen molar-refractivity contribution < 1.29 is 29.0 Å². The van der Waals surface area contributed by atoms with Crippen molar-refractivity contribution in [2.45, 2.75) is 51.7 Å². The van der Waals surface area contributed by atoms with Crippen molar-refractivity contribution in [3.8, 4) is 5.75 Å². The number of hydrogen-bond donors (Lipinski definition) is 2. The van der Waals surface area contributed by atoms with Crippen molar-refractivity contribution >= 4 is 23.1 Å². The minimum absolute atomic E-state index is 0.0157. The van der Waals surface area contributed by atoms with Gasteiger partial charge in [0.15, 0.2) is 23.1 Å². The number of ketones is 4. The Hall–Kier alpha value is -2.64. The van der Waals surface area contributed by atoms with Crippen LogP contribution in [0.3, 0.4) is 0 Å². The standard InChI is InChI=1S/C25H29NO6/c1-11-10-15-23(32-6)24(4)12(2)14-8-7-9-16(28)18(14)20(29)19(24)22(31)25(15,26-5)21(30)17(11)13(3)27/h7-9,12,15,19,23,26,28H,10H2,1-6H3/t12-,15?,19?,23?,24+,25+/m0/s1. The van der Waals surface area contributed by atoms with E-state index in [9.17, 15) is 24.3 Å². The van der Waals surface area contributed by atoms with E-state index in [2.05, 4.69) is 5.32 Å². The first-order chi connectivity index (χ1) is 15.0. The molecule has 6 atom stereocenters. The largest absolute Gasteiger partial charge is 0.507 e. The lowest BCUT2D eigenvalue weighted by atomic mass is 9.44. The molecule has 7 heteroatoms. The molecule has 0 aliphatic heterocycles. The van der Waals surface area contributed by atoms with Crippen molar-refractivity contribution in [2.24, 2.45) is 17.3 Å². The van der Waals surface area contributed by atoms with E-state index in [-0.39, 0.29) is 22.8 Å². The molecule has 0 radical (unpaired) electrons. The van der Waals surface area contributed by atoms with Gasteiger partial charge in [0.2, 0.25) is 0 Å². The summed E-state index contributed by atoms with van der Waals surface area (Å²) in [5.74, 6) is -4.34. The molecule has 0 aromatic heterocycles. The van der Waals surface area contributed by atoms with Gasteiger partial charge in [-0.15, -0.1) is 0 Å². The Kier molecular flexibility index (Phi) is 5.06. The molecule has 1 aromatic carbocycles. The Morgan fingerprint density at radius 1 is 1.25 bits per heavy atom. The number of benzene rings is 1. The Balaban J connectivity index is 2.03. The fourth-order valence-electron chi connectivity index (χ4n) is 6.75. The molecule has 1 fully saturated rings. The maximum atomic E-state index is 14.2. The summed E-state index contributed by atoms with van der Waals surface area (Å²) in [7, 11) is 3.04. The number of Topliss-reactive ketones (excluding diaryl/α,β-unsaturated/α-hetero) is 4. The predicted octanol–water partition coefficient (Wildman–Crippen LogP) is 2.36. The van der Waals surface area contributed by atoms with Gasteiger partial charge < -0.3 is 15.2 Å². The minimum atomic E-state index is -1.75. The summed E-state index contributed by atoms with van der Waals surface area (Å²) in [6, 6.07) is 4.90. The summed E-state index contributed by atoms with van der Waals surface area (Å²) in [4.78, 5) is 54.0. The van der Waals surface area contributed by atoms with Gasteiger partial charge in [0.1, 0.15) is 11.3 Å². The van der Waals surface area contributed by atoms with Crippen LogP contribution in [0.15, 0.2) is 29.3 Å². The molecule has 3 aliphatic carbocycles. The first-order valence-electron chi connectivity index (χ1n) is 10.9. The van der Waals surface area contributed by atoms with Crippen molar-refractivity contribution in [3.05, 3.63) is 40.5 Å². The molecule has 170 valence electrons. The van der Waals surface area contributed by atoms with E-state index in [1.54, 1.807) is 19.1 Å². The van der Waals surface area contributed by atoms with Gasteiger partial charge in [0.05, 0.1) is 23.2 Å². The number of carbonyl (C=O) groups is 4. The summed E-state index contributed by atoms with van der Waals surface area (Å²) >= 11 is 0. The van der Waals surface area contributed by atoms with Gasteiger partial charge in [0.25, 0.3) is 0 Å². The third-order valence-corrected chi connectivity index (χ3v) is 8.33. The number of rotatable bonds is 3. The molecule has 1 saturated carbocycles. The fraction of sp³-hybridized carbons (Fsp3) is 0.520. The van der Waals surface area contributed by atoms with Crippen LogP contribution in [0, 0.1) is 17.3 Å². The molecular weight excluding hydrogens is 410 g/mol. The van der Waals surface area contributed by atoms with Crippen LogP contribution in [0.1, 0.15) is 56.0 Å². The SMILES string of the molecule is CN[C@@]12C(=O)C(C(C)=O)=C(C)CC1C(OC)[C@@]1(C)C(C(=O)c3c(O)cccc3[C@@H]1C)C2=O. The van der Waals surface area contributed by atoms with E-state index in [1.807, 2.05) is 13.8 Å². The van der Waals surface area contributed by atoms with Crippen molar-refractivity contribution in [2.75, 3.05) is 14.2 Å². The van der Waals surface area contributed by atoms with Gasteiger partial charge in [-0.05, 0) is 44.9 Å². The second kappa shape index (κ2) is 7.18. The predicted molar refractivity (Wildman–Crippen MR) is 117 cm³/mol. The summed E-state index contributed by atoms with van der Waals surface area (Å²) in [5, 5.41) is 13.4. The van der Waals surface area contributed by atoms with Crippen LogP contribution >= 0.6 is 0 Å². The minimum Gasteiger partial charge on any atom is -0.507 e. The maximum absolute atomic E-state index is 14.2. The molecule has 0 heterocycles. The number of phenols is 1. The van der Waals surface area contributed by atoms with Crippen LogP contribution in [0.4, 0.5) is 0 Å². The number of ether oxygens (including phenoxy) is 1. The zero-order valence-corrected chi connectivity index (χ0v) is 19.2. The molecule has 2 N–H and O–H groups in total. The van der Waals surface area contributed by atoms with Crippen LogP contribution in [-0.2, 0) is 19.1 Å². The van der Waals surface area contributed by atoms with Gasteiger partial charge in [-0.1, -0.05) is 31.6 Å². The van der Waals surface area contributed by atoms with Gasteiger partial charge in [-0.3, -0.25) is 19.2 Å². The number of methoxy groups -OCH3 is 1. The highest BCUT2D eigenvalue weighted by molar-refractivity contribution is 6.33. The molecule has 3 unspecified atom stereocenters. The van der Waals surface area contributed by atoms with Crippen molar-refractivity contribution in [1.82, 2.24) is 5.32 Å². The molecule has 1 aromatic rings. The topological polar surface area (TPSA) is 110 Å². The number of carbonyl (C=O) groups excluding carboxylic acids is 4. The molecule has 7 nitrogen and oxygen atoms in total. The van der Waals surface area contributed by atoms with Crippen LogP contribution in [0.25, 0.3) is 0 Å². The Morgan fingerprint density at radius 2 is 1.91 bits per heavy atom.